The molecule has 7 heteroatoms. The molecule has 110 valence electrons. The molecule has 7 nitrogen and oxygen atoms in total. The van der Waals surface area contributed by atoms with Crippen LogP contribution in [0.2, 0.25) is 0 Å². The molecule has 0 radical (unpaired) electrons. The van der Waals surface area contributed by atoms with Crippen LogP contribution in [0.5, 0.6) is 0 Å². The number of likely N-dealkylation sites (tertiary alicyclic amines) is 1. The summed E-state index contributed by atoms with van der Waals surface area (Å²) >= 11 is 0. The average Bonchev–Trinajstić information content (AvgIpc) is 2.86. The molecule has 2 rings (SSSR count). The zero-order chi connectivity index (χ0) is 14.4. The Morgan fingerprint density at radius 2 is 2.05 bits per heavy atom. The monoisotopic (exact) mass is 280 g/mol. The number of H-pyrrole nitrogens is 1. The van der Waals surface area contributed by atoms with E-state index in [-0.39, 0.29) is 11.6 Å². The van der Waals surface area contributed by atoms with Crippen molar-refractivity contribution in [3.8, 4) is 0 Å². The maximum absolute atomic E-state index is 12.3. The molecule has 0 aromatic carbocycles. The van der Waals surface area contributed by atoms with Gasteiger partial charge >= 0.3 is 0 Å². The van der Waals surface area contributed by atoms with Crippen molar-refractivity contribution in [2.75, 3.05) is 19.7 Å². The molecule has 1 aliphatic heterocycles. The molecule has 0 saturated carbocycles. The average molecular weight is 280 g/mol. The Morgan fingerprint density at radius 1 is 1.35 bits per heavy atom. The zero-order valence-corrected chi connectivity index (χ0v) is 11.3. The molecule has 1 fully saturated rings. The van der Waals surface area contributed by atoms with Crippen LogP contribution in [0.25, 0.3) is 0 Å². The number of aromatic nitrogens is 2. The number of nitrogens with one attached hydrogen (secondary N) is 2. The molecule has 1 atom stereocenters. The second-order valence-corrected chi connectivity index (χ2v) is 4.91. The first kappa shape index (κ1) is 14.5. The van der Waals surface area contributed by atoms with Crippen LogP contribution in [0.15, 0.2) is 12.5 Å². The summed E-state index contributed by atoms with van der Waals surface area (Å²) in [6, 6.07) is -0.899. The van der Waals surface area contributed by atoms with E-state index < -0.39 is 18.6 Å². The Hall–Kier alpha value is -1.89. The van der Waals surface area contributed by atoms with Crippen molar-refractivity contribution in [2.24, 2.45) is 0 Å². The van der Waals surface area contributed by atoms with Gasteiger partial charge in [0.05, 0.1) is 19.1 Å². The predicted octanol–water partition coefficient (Wildman–Crippen LogP) is -0.0970. The Morgan fingerprint density at radius 3 is 2.60 bits per heavy atom. The molecule has 2 amide bonds. The number of aliphatic hydroxyl groups is 1. The largest absolute Gasteiger partial charge is 0.394 e. The Labute approximate surface area is 117 Å². The highest BCUT2D eigenvalue weighted by atomic mass is 16.3. The molecular formula is C13H20N4O3. The van der Waals surface area contributed by atoms with Crippen LogP contribution in [0.3, 0.4) is 0 Å². The Kier molecular flexibility index (Phi) is 5.11. The van der Waals surface area contributed by atoms with Gasteiger partial charge in [0, 0.05) is 13.1 Å². The highest BCUT2D eigenvalue weighted by Crippen LogP contribution is 2.11. The smallest absolute Gasteiger partial charge is 0.270 e. The van der Waals surface area contributed by atoms with E-state index in [1.165, 1.54) is 12.5 Å². The van der Waals surface area contributed by atoms with Gasteiger partial charge in [-0.15, -0.1) is 0 Å². The van der Waals surface area contributed by atoms with Crippen LogP contribution >= 0.6 is 0 Å². The van der Waals surface area contributed by atoms with Crippen molar-refractivity contribution in [3.63, 3.8) is 0 Å². The maximum atomic E-state index is 12.3. The van der Waals surface area contributed by atoms with Gasteiger partial charge in [0.25, 0.3) is 5.91 Å². The summed E-state index contributed by atoms with van der Waals surface area (Å²) in [5, 5.41) is 11.9. The first-order valence-electron chi connectivity index (χ1n) is 6.91. The van der Waals surface area contributed by atoms with Gasteiger partial charge in [-0.2, -0.15) is 0 Å². The normalized spacial score (nSPS) is 17.4. The van der Waals surface area contributed by atoms with Gasteiger partial charge in [0.15, 0.2) is 0 Å². The summed E-state index contributed by atoms with van der Waals surface area (Å²) in [5.74, 6) is -0.660. The third kappa shape index (κ3) is 3.57. The lowest BCUT2D eigenvalue weighted by molar-refractivity contribution is -0.134. The van der Waals surface area contributed by atoms with E-state index in [1.54, 1.807) is 4.90 Å². The van der Waals surface area contributed by atoms with E-state index in [4.69, 9.17) is 0 Å². The molecule has 20 heavy (non-hydrogen) atoms. The van der Waals surface area contributed by atoms with E-state index >= 15 is 0 Å². The maximum Gasteiger partial charge on any atom is 0.270 e. The molecule has 3 N–H and O–H groups in total. The fourth-order valence-electron chi connectivity index (χ4n) is 2.31. The molecule has 1 aromatic heterocycles. The minimum atomic E-state index is -0.899. The highest BCUT2D eigenvalue weighted by Gasteiger charge is 2.26. The molecule has 1 saturated heterocycles. The number of carbonyl (C=O) groups excluding carboxylic acids is 2. The molecule has 0 spiro atoms. The number of carbonyl (C=O) groups is 2. The lowest BCUT2D eigenvalue weighted by Crippen LogP contribution is -2.50. The second kappa shape index (κ2) is 7.04. The zero-order valence-electron chi connectivity index (χ0n) is 11.3. The van der Waals surface area contributed by atoms with Crippen molar-refractivity contribution in [3.05, 3.63) is 18.2 Å². The topological polar surface area (TPSA) is 98.3 Å². The van der Waals surface area contributed by atoms with Gasteiger partial charge in [-0.25, -0.2) is 4.98 Å². The molecular weight excluding hydrogens is 260 g/mol. The van der Waals surface area contributed by atoms with Gasteiger partial charge in [-0.05, 0) is 12.8 Å². The quantitative estimate of drug-likeness (QED) is 0.717. The molecule has 0 bridgehead atoms. The van der Waals surface area contributed by atoms with Crippen LogP contribution in [-0.4, -0.2) is 57.5 Å². The molecule has 1 aliphatic rings. The van der Waals surface area contributed by atoms with Gasteiger partial charge in [-0.3, -0.25) is 9.59 Å². The van der Waals surface area contributed by atoms with Crippen LogP contribution in [-0.2, 0) is 4.79 Å². The van der Waals surface area contributed by atoms with Crippen LogP contribution in [0.4, 0.5) is 0 Å². The van der Waals surface area contributed by atoms with Crippen LogP contribution in [0, 0.1) is 0 Å². The summed E-state index contributed by atoms with van der Waals surface area (Å²) in [6.45, 7) is 0.972. The number of aromatic amines is 1. The number of amides is 2. The Balaban J connectivity index is 1.96. The molecule has 2 heterocycles. The third-order valence-corrected chi connectivity index (χ3v) is 3.45. The molecule has 0 unspecified atom stereocenters. The number of hydrogen-bond donors (Lipinski definition) is 3. The highest BCUT2D eigenvalue weighted by molar-refractivity contribution is 5.96. The number of rotatable bonds is 4. The van der Waals surface area contributed by atoms with Gasteiger partial charge in [0.1, 0.15) is 11.7 Å². The first-order valence-corrected chi connectivity index (χ1v) is 6.91. The summed E-state index contributed by atoms with van der Waals surface area (Å²) in [5.41, 5.74) is 0.270. The van der Waals surface area contributed by atoms with Gasteiger partial charge in [-0.1, -0.05) is 12.8 Å². The van der Waals surface area contributed by atoms with Crippen molar-refractivity contribution >= 4 is 11.8 Å². The van der Waals surface area contributed by atoms with Crippen molar-refractivity contribution in [1.82, 2.24) is 20.2 Å². The summed E-state index contributed by atoms with van der Waals surface area (Å²) in [6.07, 6.45) is 6.94. The first-order chi connectivity index (χ1) is 9.72. The molecule has 0 aliphatic carbocycles. The van der Waals surface area contributed by atoms with E-state index in [1.807, 2.05) is 0 Å². The number of hydrogen-bond acceptors (Lipinski definition) is 4. The summed E-state index contributed by atoms with van der Waals surface area (Å²) in [4.78, 5) is 32.3. The van der Waals surface area contributed by atoms with E-state index in [9.17, 15) is 14.7 Å². The van der Waals surface area contributed by atoms with Crippen molar-refractivity contribution in [1.29, 1.82) is 0 Å². The minimum Gasteiger partial charge on any atom is -0.394 e. The van der Waals surface area contributed by atoms with Crippen molar-refractivity contribution in [2.45, 2.75) is 31.7 Å². The lowest BCUT2D eigenvalue weighted by Gasteiger charge is -2.25. The SMILES string of the molecule is O=C(N[C@@H](CO)C(=O)N1CCCCCC1)c1cnc[nH]1. The van der Waals surface area contributed by atoms with E-state index in [0.29, 0.717) is 13.1 Å². The molecule has 1 aromatic rings. The van der Waals surface area contributed by atoms with Crippen molar-refractivity contribution < 1.29 is 14.7 Å². The fourth-order valence-corrected chi connectivity index (χ4v) is 2.31. The lowest BCUT2D eigenvalue weighted by atomic mass is 10.2. The fraction of sp³-hybridized carbons (Fsp3) is 0.615. The van der Waals surface area contributed by atoms with E-state index in [0.717, 1.165) is 25.7 Å². The standard InChI is InChI=1S/C13H20N4O3/c18-8-11(16-12(19)10-7-14-9-15-10)13(20)17-5-3-1-2-4-6-17/h7,9,11,18H,1-6,8H2,(H,14,15)(H,16,19)/t11-/m0/s1. The summed E-state index contributed by atoms with van der Waals surface area (Å²) < 4.78 is 0. The van der Waals surface area contributed by atoms with Crippen LogP contribution < -0.4 is 5.32 Å². The van der Waals surface area contributed by atoms with Gasteiger partial charge < -0.3 is 20.3 Å². The third-order valence-electron chi connectivity index (χ3n) is 3.45. The Bertz CT molecular complexity index is 438. The second-order valence-electron chi connectivity index (χ2n) is 4.91. The van der Waals surface area contributed by atoms with E-state index in [2.05, 4.69) is 15.3 Å². The minimum absolute atomic E-state index is 0.220. The number of imidazole rings is 1. The number of nitrogens with zero attached hydrogens (tertiary/aromatic N) is 2. The predicted molar refractivity (Wildman–Crippen MR) is 72.0 cm³/mol. The number of aliphatic hydroxyl groups excluding tert-OH is 1. The summed E-state index contributed by atoms with van der Waals surface area (Å²) in [7, 11) is 0. The van der Waals surface area contributed by atoms with Gasteiger partial charge in [0.2, 0.25) is 5.91 Å². The van der Waals surface area contributed by atoms with Crippen LogP contribution in [0.1, 0.15) is 36.2 Å².